The van der Waals surface area contributed by atoms with Gasteiger partial charge in [0, 0.05) is 37.5 Å². The van der Waals surface area contributed by atoms with Gasteiger partial charge in [0.05, 0.1) is 0 Å². The van der Waals surface area contributed by atoms with Crippen molar-refractivity contribution in [3.8, 4) is 0 Å². The summed E-state index contributed by atoms with van der Waals surface area (Å²) in [7, 11) is 0. The quantitative estimate of drug-likeness (QED) is 0.632. The maximum atomic E-state index is 14.0. The van der Waals surface area contributed by atoms with Crippen LogP contribution in [0.2, 0.25) is 0 Å². The van der Waals surface area contributed by atoms with Gasteiger partial charge in [-0.2, -0.15) is 13.2 Å². The summed E-state index contributed by atoms with van der Waals surface area (Å²) in [5, 5.41) is 8.00. The summed E-state index contributed by atoms with van der Waals surface area (Å²) in [5.41, 5.74) is -0.480. The fraction of sp³-hybridized carbons (Fsp3) is 0.524. The van der Waals surface area contributed by atoms with Crippen LogP contribution in [0.3, 0.4) is 0 Å². The van der Waals surface area contributed by atoms with Crippen LogP contribution < -0.4 is 0 Å². The normalized spacial score (nSPS) is 18.9. The second kappa shape index (κ2) is 7.61. The minimum Gasteiger partial charge on any atom is -0.299 e. The van der Waals surface area contributed by atoms with Crippen molar-refractivity contribution >= 4 is 5.65 Å². The van der Waals surface area contributed by atoms with Crippen LogP contribution in [0, 0.1) is 5.92 Å². The average molecular weight is 416 g/mol. The maximum Gasteiger partial charge on any atom is 0.420 e. The number of aromatic nitrogens is 5. The first-order valence-corrected chi connectivity index (χ1v) is 10.4. The van der Waals surface area contributed by atoms with E-state index in [2.05, 4.69) is 25.1 Å². The average Bonchev–Trinajstić information content (AvgIpc) is 3.47. The number of nitrogens with zero attached hydrogens (tertiary/aromatic N) is 6. The molecule has 0 aromatic carbocycles. The first-order valence-electron chi connectivity index (χ1n) is 10.4. The van der Waals surface area contributed by atoms with Gasteiger partial charge in [0.2, 0.25) is 0 Å². The van der Waals surface area contributed by atoms with Crippen LogP contribution in [0.25, 0.3) is 5.65 Å². The number of alkyl halides is 3. The minimum atomic E-state index is -4.47. The minimum absolute atomic E-state index is 0.0804. The molecule has 158 valence electrons. The van der Waals surface area contributed by atoms with Crippen molar-refractivity contribution in [2.24, 2.45) is 5.92 Å². The molecule has 0 bridgehead atoms. The molecular weight excluding hydrogens is 393 g/mol. The van der Waals surface area contributed by atoms with Crippen molar-refractivity contribution in [1.29, 1.82) is 0 Å². The van der Waals surface area contributed by atoms with Gasteiger partial charge in [-0.15, -0.1) is 10.2 Å². The molecule has 1 saturated carbocycles. The molecule has 30 heavy (non-hydrogen) atoms. The topological polar surface area (TPSA) is 59.2 Å². The Morgan fingerprint density at radius 1 is 1.00 bits per heavy atom. The van der Waals surface area contributed by atoms with Gasteiger partial charge in [-0.05, 0) is 62.4 Å². The zero-order valence-electron chi connectivity index (χ0n) is 16.5. The van der Waals surface area contributed by atoms with Crippen LogP contribution in [0.5, 0.6) is 0 Å². The fourth-order valence-electron chi connectivity index (χ4n) is 4.31. The molecule has 1 aliphatic carbocycles. The Kier molecular flexibility index (Phi) is 4.92. The van der Waals surface area contributed by atoms with Crippen LogP contribution in [-0.4, -0.2) is 42.6 Å². The molecular formula is C21H23F3N6. The number of hydrogen-bond donors (Lipinski definition) is 0. The van der Waals surface area contributed by atoms with E-state index in [9.17, 15) is 13.2 Å². The second-order valence-electron chi connectivity index (χ2n) is 8.33. The maximum absolute atomic E-state index is 14.0. The number of halogens is 3. The van der Waals surface area contributed by atoms with Crippen LogP contribution in [0.4, 0.5) is 13.2 Å². The monoisotopic (exact) mass is 416 g/mol. The Bertz CT molecular complexity index is 1020. The Morgan fingerprint density at radius 3 is 2.40 bits per heavy atom. The van der Waals surface area contributed by atoms with Crippen molar-refractivity contribution in [1.82, 2.24) is 29.5 Å². The highest BCUT2D eigenvalue weighted by Crippen LogP contribution is 2.37. The molecule has 0 atom stereocenters. The van der Waals surface area contributed by atoms with Gasteiger partial charge in [0.1, 0.15) is 17.2 Å². The fourth-order valence-corrected chi connectivity index (χ4v) is 4.31. The predicted octanol–water partition coefficient (Wildman–Crippen LogP) is 3.87. The Hall–Kier alpha value is -2.55. The molecule has 0 N–H and O–H groups in total. The van der Waals surface area contributed by atoms with E-state index in [1.54, 1.807) is 30.7 Å². The predicted molar refractivity (Wildman–Crippen MR) is 104 cm³/mol. The molecule has 0 radical (unpaired) electrons. The molecule has 0 spiro atoms. The van der Waals surface area contributed by atoms with E-state index in [1.165, 1.54) is 4.40 Å². The van der Waals surface area contributed by atoms with E-state index in [1.807, 2.05) is 0 Å². The number of hydrogen-bond acceptors (Lipinski definition) is 5. The molecule has 2 aliphatic rings. The summed E-state index contributed by atoms with van der Waals surface area (Å²) in [4.78, 5) is 10.7. The van der Waals surface area contributed by atoms with Crippen LogP contribution in [0.15, 0.2) is 30.7 Å². The van der Waals surface area contributed by atoms with Gasteiger partial charge < -0.3 is 0 Å². The third-order valence-corrected chi connectivity index (χ3v) is 6.12. The molecule has 0 amide bonds. The molecule has 0 unspecified atom stereocenters. The third kappa shape index (κ3) is 3.90. The van der Waals surface area contributed by atoms with Crippen molar-refractivity contribution in [3.05, 3.63) is 53.5 Å². The van der Waals surface area contributed by atoms with E-state index in [0.29, 0.717) is 31.3 Å². The van der Waals surface area contributed by atoms with Crippen LogP contribution in [-0.2, 0) is 19.1 Å². The van der Waals surface area contributed by atoms with Gasteiger partial charge in [-0.25, -0.2) is 9.97 Å². The summed E-state index contributed by atoms with van der Waals surface area (Å²) in [6.45, 7) is 1.68. The summed E-state index contributed by atoms with van der Waals surface area (Å²) < 4.78 is 43.5. The van der Waals surface area contributed by atoms with E-state index in [-0.39, 0.29) is 23.7 Å². The molecule has 9 heteroatoms. The first-order chi connectivity index (χ1) is 14.5. The van der Waals surface area contributed by atoms with E-state index >= 15 is 0 Å². The van der Waals surface area contributed by atoms with E-state index < -0.39 is 11.7 Å². The molecule has 1 saturated heterocycles. The molecule has 3 aromatic heterocycles. The summed E-state index contributed by atoms with van der Waals surface area (Å²) >= 11 is 0. The zero-order valence-corrected chi connectivity index (χ0v) is 16.5. The van der Waals surface area contributed by atoms with Crippen molar-refractivity contribution < 1.29 is 13.2 Å². The Balaban J connectivity index is 1.36. The molecule has 4 heterocycles. The zero-order chi connectivity index (χ0) is 20.7. The lowest BCUT2D eigenvalue weighted by Crippen LogP contribution is -2.33. The van der Waals surface area contributed by atoms with Crippen molar-refractivity contribution in [2.45, 2.75) is 50.7 Å². The lowest BCUT2D eigenvalue weighted by atomic mass is 9.95. The molecule has 1 aliphatic heterocycles. The number of pyridine rings is 1. The Morgan fingerprint density at radius 2 is 1.73 bits per heavy atom. The first kappa shape index (κ1) is 19.4. The van der Waals surface area contributed by atoms with Gasteiger partial charge in [-0.3, -0.25) is 9.30 Å². The molecule has 2 fully saturated rings. The summed E-state index contributed by atoms with van der Waals surface area (Å²) in [5.74, 6) is 2.23. The van der Waals surface area contributed by atoms with Crippen molar-refractivity contribution in [3.63, 3.8) is 0 Å². The van der Waals surface area contributed by atoms with Crippen LogP contribution >= 0.6 is 0 Å². The van der Waals surface area contributed by atoms with Gasteiger partial charge in [-0.1, -0.05) is 0 Å². The molecule has 5 rings (SSSR count). The highest BCUT2D eigenvalue weighted by molar-refractivity contribution is 5.53. The molecule has 3 aromatic rings. The lowest BCUT2D eigenvalue weighted by Gasteiger charge is -2.31. The Labute approximate surface area is 172 Å². The second-order valence-corrected chi connectivity index (χ2v) is 8.33. The van der Waals surface area contributed by atoms with Gasteiger partial charge in [0.25, 0.3) is 0 Å². The highest BCUT2D eigenvalue weighted by atomic mass is 19.4. The lowest BCUT2D eigenvalue weighted by molar-refractivity contribution is -0.137. The summed E-state index contributed by atoms with van der Waals surface area (Å²) in [6.07, 6.45) is 5.28. The number of rotatable bonds is 5. The summed E-state index contributed by atoms with van der Waals surface area (Å²) in [6, 6.07) is 3.37. The number of piperidine rings is 1. The molecule has 6 nitrogen and oxygen atoms in total. The third-order valence-electron chi connectivity index (χ3n) is 6.12. The van der Waals surface area contributed by atoms with Crippen molar-refractivity contribution in [2.75, 3.05) is 13.1 Å². The van der Waals surface area contributed by atoms with Crippen LogP contribution in [0.1, 0.15) is 54.4 Å². The van der Waals surface area contributed by atoms with Gasteiger partial charge in [0.15, 0.2) is 5.65 Å². The van der Waals surface area contributed by atoms with E-state index in [0.717, 1.165) is 31.5 Å². The highest BCUT2D eigenvalue weighted by Gasteiger charge is 2.38. The standard InChI is InChI=1S/C21H23F3N6/c22-21(23,24)18-16(6-11-30-17(12-14-2-3-14)27-28-20(18)30)13-29-9-4-15(5-10-29)19-25-7-1-8-26-19/h1,6-8,11,14-15H,2-5,9-10,12-13H2. The van der Waals surface area contributed by atoms with Gasteiger partial charge >= 0.3 is 6.18 Å². The van der Waals surface area contributed by atoms with E-state index in [4.69, 9.17) is 0 Å². The SMILES string of the molecule is FC(F)(F)c1c(CN2CCC(c3ncccn3)CC2)ccn2c(CC3CC3)nnc12. The largest absolute Gasteiger partial charge is 0.420 e. The smallest absolute Gasteiger partial charge is 0.299 e. The number of likely N-dealkylation sites (tertiary alicyclic amines) is 1. The number of fused-ring (bicyclic) bond motifs is 1.